The number of nitrogens with one attached hydrogen (secondary N) is 1. The van der Waals surface area contributed by atoms with Crippen molar-refractivity contribution in [3.8, 4) is 5.69 Å². The van der Waals surface area contributed by atoms with Crippen molar-refractivity contribution in [2.24, 2.45) is 0 Å². The van der Waals surface area contributed by atoms with E-state index in [1.807, 2.05) is 0 Å². The van der Waals surface area contributed by atoms with Crippen molar-refractivity contribution in [1.29, 1.82) is 0 Å². The third kappa shape index (κ3) is 4.57. The summed E-state index contributed by atoms with van der Waals surface area (Å²) in [5.41, 5.74) is -0.654. The van der Waals surface area contributed by atoms with Crippen LogP contribution in [0.5, 0.6) is 0 Å². The Morgan fingerprint density at radius 1 is 1.36 bits per heavy atom. The molecule has 7 nitrogen and oxygen atoms in total. The molecular formula is C15H14F3N3O4. The highest BCUT2D eigenvalue weighted by Crippen LogP contribution is 2.27. The number of aromatic nitrogens is 2. The standard InChI is InChI=1S/C15H14F3N3O4/c1-25-11(14(23)24)8-19-13(22)9-3-2-4-10(7-9)21-6-5-12(20-21)15(16,17)18/h2-7,11H,8H2,1H3,(H,19,22)(H,23,24). The fourth-order valence-electron chi connectivity index (χ4n) is 1.97. The highest BCUT2D eigenvalue weighted by Gasteiger charge is 2.33. The highest BCUT2D eigenvalue weighted by molar-refractivity contribution is 5.95. The molecule has 1 unspecified atom stereocenters. The molecule has 1 aromatic heterocycles. The van der Waals surface area contributed by atoms with Gasteiger partial charge in [-0.25, -0.2) is 9.48 Å². The van der Waals surface area contributed by atoms with Gasteiger partial charge in [-0.15, -0.1) is 0 Å². The summed E-state index contributed by atoms with van der Waals surface area (Å²) in [5.74, 6) is -1.82. The van der Waals surface area contributed by atoms with E-state index < -0.39 is 29.9 Å². The van der Waals surface area contributed by atoms with Crippen LogP contribution in [-0.4, -0.2) is 46.5 Å². The molecule has 2 rings (SSSR count). The molecule has 0 spiro atoms. The van der Waals surface area contributed by atoms with E-state index >= 15 is 0 Å². The van der Waals surface area contributed by atoms with E-state index in [4.69, 9.17) is 9.84 Å². The van der Waals surface area contributed by atoms with Crippen LogP contribution < -0.4 is 5.32 Å². The summed E-state index contributed by atoms with van der Waals surface area (Å²) in [4.78, 5) is 22.9. The summed E-state index contributed by atoms with van der Waals surface area (Å²) in [6, 6.07) is 6.56. The maximum Gasteiger partial charge on any atom is 0.435 e. The first-order valence-corrected chi connectivity index (χ1v) is 6.99. The van der Waals surface area contributed by atoms with E-state index in [1.165, 1.54) is 31.4 Å². The molecule has 1 heterocycles. The number of methoxy groups -OCH3 is 1. The molecule has 0 saturated carbocycles. The summed E-state index contributed by atoms with van der Waals surface area (Å²) >= 11 is 0. The van der Waals surface area contributed by atoms with Crippen molar-refractivity contribution in [2.75, 3.05) is 13.7 Å². The normalized spacial score (nSPS) is 12.6. The minimum atomic E-state index is -4.56. The average molecular weight is 357 g/mol. The number of carboxylic acids is 1. The number of alkyl halides is 3. The van der Waals surface area contributed by atoms with Crippen molar-refractivity contribution < 1.29 is 32.6 Å². The molecule has 10 heteroatoms. The Labute approximate surface area is 140 Å². The van der Waals surface area contributed by atoms with Crippen LogP contribution >= 0.6 is 0 Å². The molecule has 0 aliphatic carbocycles. The van der Waals surface area contributed by atoms with E-state index in [2.05, 4.69) is 10.4 Å². The van der Waals surface area contributed by atoms with Crippen molar-refractivity contribution in [2.45, 2.75) is 12.3 Å². The van der Waals surface area contributed by atoms with Crippen molar-refractivity contribution in [1.82, 2.24) is 15.1 Å². The van der Waals surface area contributed by atoms with Gasteiger partial charge < -0.3 is 15.2 Å². The fourth-order valence-corrected chi connectivity index (χ4v) is 1.97. The number of carboxylic acid groups (broad SMARTS) is 1. The lowest BCUT2D eigenvalue weighted by Crippen LogP contribution is -2.37. The van der Waals surface area contributed by atoms with E-state index in [0.717, 1.165) is 16.9 Å². The van der Waals surface area contributed by atoms with Gasteiger partial charge in [-0.05, 0) is 24.3 Å². The zero-order valence-corrected chi connectivity index (χ0v) is 12.9. The van der Waals surface area contributed by atoms with Gasteiger partial charge in [0.25, 0.3) is 5.91 Å². The molecule has 0 saturated heterocycles. The maximum atomic E-state index is 12.6. The van der Waals surface area contributed by atoms with Crippen molar-refractivity contribution in [3.05, 3.63) is 47.8 Å². The van der Waals surface area contributed by atoms with Crippen LogP contribution in [0.25, 0.3) is 5.69 Å². The minimum absolute atomic E-state index is 0.141. The average Bonchev–Trinajstić information content (AvgIpc) is 3.05. The smallest absolute Gasteiger partial charge is 0.435 e. The molecule has 0 aliphatic rings. The molecule has 0 bridgehead atoms. The third-order valence-corrected chi connectivity index (χ3v) is 3.26. The Bertz CT molecular complexity index is 773. The number of ether oxygens (including phenoxy) is 1. The number of carbonyl (C=O) groups excluding carboxylic acids is 1. The Hall–Kier alpha value is -2.88. The molecule has 2 aromatic rings. The molecule has 0 radical (unpaired) electrons. The molecule has 1 atom stereocenters. The lowest BCUT2D eigenvalue weighted by molar-refractivity contribution is -0.148. The number of amides is 1. The number of rotatable bonds is 6. The first-order chi connectivity index (χ1) is 11.7. The van der Waals surface area contributed by atoms with Crippen LogP contribution in [0.4, 0.5) is 13.2 Å². The quantitative estimate of drug-likeness (QED) is 0.821. The first kappa shape index (κ1) is 18.5. The van der Waals surface area contributed by atoms with Crippen LogP contribution in [0.3, 0.4) is 0 Å². The van der Waals surface area contributed by atoms with E-state index in [-0.39, 0.29) is 17.8 Å². The summed E-state index contributed by atoms with van der Waals surface area (Å²) in [7, 11) is 1.20. The van der Waals surface area contributed by atoms with Gasteiger partial charge in [-0.3, -0.25) is 4.79 Å². The van der Waals surface area contributed by atoms with E-state index in [0.29, 0.717) is 0 Å². The molecule has 0 aliphatic heterocycles. The number of aliphatic carboxylic acids is 1. The summed E-state index contributed by atoms with van der Waals surface area (Å²) in [5, 5.41) is 14.6. The Morgan fingerprint density at radius 3 is 2.64 bits per heavy atom. The van der Waals surface area contributed by atoms with Gasteiger partial charge >= 0.3 is 12.1 Å². The first-order valence-electron chi connectivity index (χ1n) is 6.99. The number of carbonyl (C=O) groups is 2. The predicted octanol–water partition coefficient (Wildman–Crippen LogP) is 1.72. The zero-order valence-electron chi connectivity index (χ0n) is 12.9. The number of halogens is 3. The van der Waals surface area contributed by atoms with Crippen LogP contribution in [-0.2, 0) is 15.7 Å². The second-order valence-electron chi connectivity index (χ2n) is 4.97. The number of benzene rings is 1. The molecule has 2 N–H and O–H groups in total. The number of hydrogen-bond acceptors (Lipinski definition) is 4. The van der Waals surface area contributed by atoms with E-state index in [1.54, 1.807) is 0 Å². The predicted molar refractivity (Wildman–Crippen MR) is 79.3 cm³/mol. The third-order valence-electron chi connectivity index (χ3n) is 3.26. The number of hydrogen-bond donors (Lipinski definition) is 2. The maximum absolute atomic E-state index is 12.6. The lowest BCUT2D eigenvalue weighted by atomic mass is 10.2. The molecular weight excluding hydrogens is 343 g/mol. The van der Waals surface area contributed by atoms with Crippen molar-refractivity contribution in [3.63, 3.8) is 0 Å². The molecule has 25 heavy (non-hydrogen) atoms. The Balaban J connectivity index is 2.14. The monoisotopic (exact) mass is 357 g/mol. The van der Waals surface area contributed by atoms with Crippen molar-refractivity contribution >= 4 is 11.9 Å². The molecule has 1 amide bonds. The highest BCUT2D eigenvalue weighted by atomic mass is 19.4. The SMILES string of the molecule is COC(CNC(=O)c1cccc(-n2ccc(C(F)(F)F)n2)c1)C(=O)O. The minimum Gasteiger partial charge on any atom is -0.479 e. The molecule has 134 valence electrons. The van der Waals surface area contributed by atoms with Gasteiger partial charge in [-0.1, -0.05) is 6.07 Å². The van der Waals surface area contributed by atoms with Gasteiger partial charge in [0.15, 0.2) is 11.8 Å². The topological polar surface area (TPSA) is 93.5 Å². The van der Waals surface area contributed by atoms with Crippen LogP contribution in [0.1, 0.15) is 16.1 Å². The second-order valence-corrected chi connectivity index (χ2v) is 4.97. The van der Waals surface area contributed by atoms with Gasteiger partial charge in [0.2, 0.25) is 0 Å². The largest absolute Gasteiger partial charge is 0.479 e. The number of nitrogens with zero attached hydrogens (tertiary/aromatic N) is 2. The molecule has 0 fully saturated rings. The zero-order chi connectivity index (χ0) is 18.6. The fraction of sp³-hybridized carbons (Fsp3) is 0.267. The van der Waals surface area contributed by atoms with Crippen LogP contribution in [0.2, 0.25) is 0 Å². The lowest BCUT2D eigenvalue weighted by Gasteiger charge is -2.12. The van der Waals surface area contributed by atoms with Gasteiger partial charge in [-0.2, -0.15) is 18.3 Å². The van der Waals surface area contributed by atoms with E-state index in [9.17, 15) is 22.8 Å². The summed E-state index contributed by atoms with van der Waals surface area (Å²) < 4.78 is 43.5. The molecule has 1 aromatic carbocycles. The second kappa shape index (κ2) is 7.34. The Kier molecular flexibility index (Phi) is 5.42. The van der Waals surface area contributed by atoms with Crippen LogP contribution in [0.15, 0.2) is 36.5 Å². The summed E-state index contributed by atoms with van der Waals surface area (Å²) in [6.07, 6.45) is -4.63. The summed E-state index contributed by atoms with van der Waals surface area (Å²) in [6.45, 7) is -0.255. The van der Waals surface area contributed by atoms with Crippen LogP contribution in [0, 0.1) is 0 Å². The van der Waals surface area contributed by atoms with Gasteiger partial charge in [0.05, 0.1) is 12.2 Å². The van der Waals surface area contributed by atoms with Gasteiger partial charge in [0, 0.05) is 18.9 Å². The Morgan fingerprint density at radius 2 is 2.08 bits per heavy atom. The van der Waals surface area contributed by atoms with Gasteiger partial charge in [0.1, 0.15) is 0 Å².